The first-order valence-corrected chi connectivity index (χ1v) is 7.76. The van der Waals surface area contributed by atoms with Crippen LogP contribution in [0.5, 0.6) is 0 Å². The van der Waals surface area contributed by atoms with Gasteiger partial charge in [-0.05, 0) is 25.1 Å². The van der Waals surface area contributed by atoms with Crippen molar-refractivity contribution in [2.45, 2.75) is 12.8 Å². The highest BCUT2D eigenvalue weighted by Gasteiger charge is 2.41. The van der Waals surface area contributed by atoms with E-state index in [1.165, 1.54) is 16.2 Å². The Hall–Kier alpha value is -2.74. The Balaban J connectivity index is 1.74. The fourth-order valence-corrected chi connectivity index (χ4v) is 3.35. The fourth-order valence-electron chi connectivity index (χ4n) is 2.76. The van der Waals surface area contributed by atoms with Crippen LogP contribution in [0.2, 0.25) is 0 Å². The van der Waals surface area contributed by atoms with Crippen molar-refractivity contribution in [2.24, 2.45) is 0 Å². The number of furan rings is 1. The van der Waals surface area contributed by atoms with E-state index in [1.807, 2.05) is 12.1 Å². The molecule has 4 rings (SSSR count). The molecule has 1 N–H and O–H groups in total. The molecular weight excluding hydrogens is 316 g/mol. The number of aromatic nitrogens is 2. The Morgan fingerprint density at radius 3 is 2.96 bits per heavy atom. The Morgan fingerprint density at radius 1 is 1.39 bits per heavy atom. The van der Waals surface area contributed by atoms with Crippen LogP contribution in [0.4, 0.5) is 10.8 Å². The van der Waals surface area contributed by atoms with Gasteiger partial charge in [-0.1, -0.05) is 11.3 Å². The molecule has 116 valence electrons. The zero-order chi connectivity index (χ0) is 16.1. The van der Waals surface area contributed by atoms with Gasteiger partial charge in [-0.15, -0.1) is 10.2 Å². The Labute approximate surface area is 134 Å². The third-order valence-corrected chi connectivity index (χ3v) is 4.62. The van der Waals surface area contributed by atoms with Crippen LogP contribution in [0.25, 0.3) is 11.0 Å². The second-order valence-corrected chi connectivity index (χ2v) is 6.50. The van der Waals surface area contributed by atoms with Crippen LogP contribution < -0.4 is 10.2 Å². The van der Waals surface area contributed by atoms with Crippen molar-refractivity contribution in [2.75, 3.05) is 17.3 Å². The Bertz CT molecular complexity index is 945. The molecule has 1 atom stereocenters. The van der Waals surface area contributed by atoms with Crippen molar-refractivity contribution in [3.8, 4) is 0 Å². The first-order chi connectivity index (χ1) is 11.0. The molecule has 0 saturated heterocycles. The normalized spacial score (nSPS) is 16.9. The van der Waals surface area contributed by atoms with Crippen molar-refractivity contribution in [3.63, 3.8) is 0 Å². The van der Waals surface area contributed by atoms with Crippen LogP contribution in [0, 0.1) is 6.92 Å². The number of hydrogen-bond acceptors (Lipinski definition) is 6. The van der Waals surface area contributed by atoms with E-state index in [0.29, 0.717) is 16.3 Å². The molecule has 0 saturated carbocycles. The summed E-state index contributed by atoms with van der Waals surface area (Å²) in [5.41, 5.74) is 2.01. The van der Waals surface area contributed by atoms with E-state index < -0.39 is 11.8 Å². The lowest BCUT2D eigenvalue weighted by Crippen LogP contribution is -2.31. The summed E-state index contributed by atoms with van der Waals surface area (Å²) in [5.74, 6) is -1.59. The number of hydrogen-bond donors (Lipinski definition) is 1. The lowest BCUT2D eigenvalue weighted by atomic mass is 9.99. The number of rotatable bonds is 2. The number of anilines is 2. The van der Waals surface area contributed by atoms with Gasteiger partial charge in [0.05, 0.1) is 6.26 Å². The molecule has 1 unspecified atom stereocenters. The average molecular weight is 328 g/mol. The molecule has 7 nitrogen and oxygen atoms in total. The maximum atomic E-state index is 12.6. The van der Waals surface area contributed by atoms with E-state index in [0.717, 1.165) is 16.1 Å². The summed E-state index contributed by atoms with van der Waals surface area (Å²) in [5, 5.41) is 12.4. The molecule has 0 fully saturated rings. The number of amides is 2. The van der Waals surface area contributed by atoms with Crippen molar-refractivity contribution in [1.29, 1.82) is 0 Å². The number of benzene rings is 1. The van der Waals surface area contributed by atoms with E-state index in [-0.39, 0.29) is 5.91 Å². The molecule has 3 heterocycles. The molecule has 3 aromatic rings. The van der Waals surface area contributed by atoms with Gasteiger partial charge in [0.15, 0.2) is 0 Å². The second kappa shape index (κ2) is 4.88. The molecule has 23 heavy (non-hydrogen) atoms. The van der Waals surface area contributed by atoms with Gasteiger partial charge in [0.1, 0.15) is 16.5 Å². The minimum atomic E-state index is -0.909. The van der Waals surface area contributed by atoms with Gasteiger partial charge in [-0.2, -0.15) is 0 Å². The highest BCUT2D eigenvalue weighted by Crippen LogP contribution is 2.40. The van der Waals surface area contributed by atoms with Crippen LogP contribution >= 0.6 is 11.3 Å². The van der Waals surface area contributed by atoms with E-state index in [4.69, 9.17) is 4.42 Å². The first-order valence-electron chi connectivity index (χ1n) is 6.94. The summed E-state index contributed by atoms with van der Waals surface area (Å²) in [4.78, 5) is 26.6. The van der Waals surface area contributed by atoms with E-state index >= 15 is 0 Å². The molecule has 0 bridgehead atoms. The van der Waals surface area contributed by atoms with Crippen LogP contribution in [-0.2, 0) is 9.59 Å². The largest absolute Gasteiger partial charge is 0.464 e. The molecule has 1 aliphatic heterocycles. The molecule has 0 radical (unpaired) electrons. The van der Waals surface area contributed by atoms with Crippen molar-refractivity contribution < 1.29 is 14.0 Å². The maximum absolute atomic E-state index is 12.6. The predicted molar refractivity (Wildman–Crippen MR) is 85.6 cm³/mol. The monoisotopic (exact) mass is 328 g/mol. The van der Waals surface area contributed by atoms with Gasteiger partial charge < -0.3 is 9.32 Å². The third kappa shape index (κ3) is 2.10. The van der Waals surface area contributed by atoms with E-state index in [2.05, 4.69) is 15.5 Å². The number of aryl methyl sites for hydroxylation is 1. The Kier molecular flexibility index (Phi) is 2.95. The molecule has 0 spiro atoms. The smallest absolute Gasteiger partial charge is 0.243 e. The number of likely N-dealkylation sites (N-methyl/N-ethyl adjacent to an activating group) is 1. The summed E-state index contributed by atoms with van der Waals surface area (Å²) in [6, 6.07) is 5.43. The zero-order valence-corrected chi connectivity index (χ0v) is 13.2. The predicted octanol–water partition coefficient (Wildman–Crippen LogP) is 2.29. The second-order valence-electron chi connectivity index (χ2n) is 5.32. The van der Waals surface area contributed by atoms with Gasteiger partial charge in [0, 0.05) is 23.7 Å². The van der Waals surface area contributed by atoms with Crippen LogP contribution in [-0.4, -0.2) is 29.1 Å². The summed E-state index contributed by atoms with van der Waals surface area (Å²) >= 11 is 1.26. The van der Waals surface area contributed by atoms with Gasteiger partial charge in [-0.3, -0.25) is 14.9 Å². The topological polar surface area (TPSA) is 88.3 Å². The minimum Gasteiger partial charge on any atom is -0.464 e. The molecule has 1 aliphatic rings. The SMILES string of the molecule is Cc1nnc(NC(=O)C2C(=O)N(C)c3cc4ccoc4cc32)s1. The molecular formula is C15H12N4O3S. The van der Waals surface area contributed by atoms with Crippen LogP contribution in [0.3, 0.4) is 0 Å². The lowest BCUT2D eigenvalue weighted by molar-refractivity contribution is -0.126. The molecule has 2 amide bonds. The molecule has 0 aliphatic carbocycles. The van der Waals surface area contributed by atoms with Gasteiger partial charge in [-0.25, -0.2) is 0 Å². The molecule has 2 aromatic heterocycles. The number of fused-ring (bicyclic) bond motifs is 2. The lowest BCUT2D eigenvalue weighted by Gasteiger charge is -2.10. The number of carbonyl (C=O) groups is 2. The Morgan fingerprint density at radius 2 is 2.22 bits per heavy atom. The molecule has 1 aromatic carbocycles. The summed E-state index contributed by atoms with van der Waals surface area (Å²) < 4.78 is 5.38. The van der Waals surface area contributed by atoms with Crippen LogP contribution in [0.15, 0.2) is 28.9 Å². The maximum Gasteiger partial charge on any atom is 0.243 e. The van der Waals surface area contributed by atoms with Gasteiger partial charge in [0.25, 0.3) is 0 Å². The highest BCUT2D eigenvalue weighted by molar-refractivity contribution is 7.15. The molecule has 8 heteroatoms. The minimum absolute atomic E-state index is 0.272. The number of nitrogens with zero attached hydrogens (tertiary/aromatic N) is 3. The summed E-state index contributed by atoms with van der Waals surface area (Å²) in [7, 11) is 1.66. The average Bonchev–Trinajstić information content (AvgIpc) is 3.18. The number of carbonyl (C=O) groups excluding carboxylic acids is 2. The van der Waals surface area contributed by atoms with E-state index in [9.17, 15) is 9.59 Å². The van der Waals surface area contributed by atoms with Gasteiger partial charge >= 0.3 is 0 Å². The third-order valence-electron chi connectivity index (χ3n) is 3.87. The van der Waals surface area contributed by atoms with E-state index in [1.54, 1.807) is 26.3 Å². The zero-order valence-electron chi connectivity index (χ0n) is 12.4. The van der Waals surface area contributed by atoms with Crippen molar-refractivity contribution in [3.05, 3.63) is 35.0 Å². The van der Waals surface area contributed by atoms with Crippen molar-refractivity contribution in [1.82, 2.24) is 10.2 Å². The van der Waals surface area contributed by atoms with Crippen molar-refractivity contribution >= 4 is 44.9 Å². The highest BCUT2D eigenvalue weighted by atomic mass is 32.1. The van der Waals surface area contributed by atoms with Crippen LogP contribution in [0.1, 0.15) is 16.5 Å². The summed E-state index contributed by atoms with van der Waals surface area (Å²) in [6.45, 7) is 1.80. The standard InChI is InChI=1S/C15H12N4O3S/c1-7-17-18-15(23-7)16-13(20)12-9-6-11-8(3-4-22-11)5-10(9)19(2)14(12)21/h3-6,12H,1-2H3,(H,16,18,20). The summed E-state index contributed by atoms with van der Waals surface area (Å²) in [6.07, 6.45) is 1.58. The fraction of sp³-hybridized carbons (Fsp3) is 0.200. The number of nitrogens with one attached hydrogen (secondary N) is 1. The first kappa shape index (κ1) is 13.9. The van der Waals surface area contributed by atoms with Gasteiger partial charge in [0.2, 0.25) is 16.9 Å². The quantitative estimate of drug-likeness (QED) is 0.729.